The fourth-order valence-electron chi connectivity index (χ4n) is 8.30. The predicted octanol–water partition coefficient (Wildman–Crippen LogP) is 8.85. The van der Waals surface area contributed by atoms with E-state index in [1.165, 1.54) is 9.80 Å². The second-order valence-corrected chi connectivity index (χ2v) is 21.7. The fraction of sp³-hybridized carbons (Fsp3) is 0.540. The van der Waals surface area contributed by atoms with Gasteiger partial charge in [0.15, 0.2) is 11.2 Å². The summed E-state index contributed by atoms with van der Waals surface area (Å²) in [6.07, 6.45) is 1.44. The third-order valence-electron chi connectivity index (χ3n) is 14.0. The smallest absolute Gasteiger partial charge is 0.410 e. The number of nitrogens with zero attached hydrogens (tertiary/aromatic N) is 4. The van der Waals surface area contributed by atoms with E-state index in [0.29, 0.717) is 11.6 Å². The van der Waals surface area contributed by atoms with Crippen molar-refractivity contribution in [1.82, 2.24) is 40.4 Å². The highest BCUT2D eigenvalue weighted by Crippen LogP contribution is 2.57. The Balaban J connectivity index is 1.10. The number of carbonyl (C=O) groups excluding carboxylic acids is 3. The van der Waals surface area contributed by atoms with E-state index < -0.39 is 57.5 Å². The first kappa shape index (κ1) is 46.7. The van der Waals surface area contributed by atoms with Gasteiger partial charge in [0.1, 0.15) is 11.6 Å². The molecule has 2 aromatic heterocycles. The molecular weight excluding hydrogens is 809 g/mol. The molecule has 2 fully saturated rings. The highest BCUT2D eigenvalue weighted by Gasteiger charge is 2.62. The van der Waals surface area contributed by atoms with Crippen LogP contribution in [0.5, 0.6) is 0 Å². The van der Waals surface area contributed by atoms with Gasteiger partial charge >= 0.3 is 6.09 Å². The Kier molecular flexibility index (Phi) is 11.9. The van der Waals surface area contributed by atoms with Crippen LogP contribution >= 0.6 is 0 Å². The molecule has 5 atom stereocenters. The molecule has 344 valence electrons. The zero-order valence-corrected chi connectivity index (χ0v) is 40.1. The van der Waals surface area contributed by atoms with Crippen molar-refractivity contribution in [2.45, 2.75) is 125 Å². The Hall–Kier alpha value is -5.31. The van der Waals surface area contributed by atoms with Crippen molar-refractivity contribution in [3.05, 3.63) is 72.3 Å². The van der Waals surface area contributed by atoms with E-state index in [2.05, 4.69) is 83.8 Å². The first-order valence-electron chi connectivity index (χ1n) is 22.3. The maximum atomic E-state index is 14.1. The molecule has 2 aliphatic carbocycles. The predicted molar refractivity (Wildman–Crippen MR) is 250 cm³/mol. The number of hydrogen-bond donors (Lipinski definition) is 5. The topological polar surface area (TPSA) is 178 Å². The average molecular weight is 877 g/mol. The number of aromatic amines is 2. The zero-order valence-electron chi connectivity index (χ0n) is 40.1. The van der Waals surface area contributed by atoms with Crippen LogP contribution in [0.2, 0.25) is 0 Å². The lowest BCUT2D eigenvalue weighted by atomic mass is 9.83. The zero-order chi connectivity index (χ0) is 46.9. The van der Waals surface area contributed by atoms with Crippen LogP contribution in [0.25, 0.3) is 44.3 Å². The normalized spacial score (nSPS) is 19.0. The molecule has 3 amide bonds. The molecule has 0 spiro atoms. The molecule has 7 rings (SSSR count). The molecule has 14 nitrogen and oxygen atoms in total. The number of H-pyrrole nitrogens is 2. The monoisotopic (exact) mass is 877 g/mol. The molecule has 5 aromatic rings. The number of carbonyl (C=O) groups is 3. The number of amides is 3. The Morgan fingerprint density at radius 2 is 1.02 bits per heavy atom. The molecule has 5 N–H and O–H groups in total. The van der Waals surface area contributed by atoms with Crippen molar-refractivity contribution in [3.8, 4) is 22.3 Å². The molecule has 0 saturated heterocycles. The van der Waals surface area contributed by atoms with Crippen LogP contribution in [0.4, 0.5) is 4.79 Å². The third kappa shape index (κ3) is 8.88. The number of imidazole rings is 2. The van der Waals surface area contributed by atoms with Crippen LogP contribution in [0, 0.1) is 21.7 Å². The van der Waals surface area contributed by atoms with E-state index in [4.69, 9.17) is 19.4 Å². The van der Waals surface area contributed by atoms with Crippen LogP contribution in [0.3, 0.4) is 0 Å². The highest BCUT2D eigenvalue weighted by atomic mass is 16.6. The van der Waals surface area contributed by atoms with Crippen molar-refractivity contribution in [3.63, 3.8) is 0 Å². The number of benzene rings is 3. The van der Waals surface area contributed by atoms with Crippen molar-refractivity contribution in [1.29, 1.82) is 0 Å². The van der Waals surface area contributed by atoms with Crippen molar-refractivity contribution >= 4 is 40.0 Å². The molecule has 2 aliphatic rings. The number of aliphatic hydroxyl groups excluding tert-OH is 1. The first-order chi connectivity index (χ1) is 29.7. The van der Waals surface area contributed by atoms with Gasteiger partial charge in [-0.05, 0) is 111 Å². The second-order valence-electron chi connectivity index (χ2n) is 21.7. The summed E-state index contributed by atoms with van der Waals surface area (Å²) in [5.41, 5.74) is 3.04. The summed E-state index contributed by atoms with van der Waals surface area (Å²) >= 11 is 0. The maximum Gasteiger partial charge on any atom is 0.410 e. The number of nitrogens with one attached hydrogen (secondary N) is 4. The molecule has 0 aliphatic heterocycles. The minimum Gasteiger partial charge on any atom is -0.432 e. The lowest BCUT2D eigenvalue weighted by molar-refractivity contribution is -0.249. The molecular formula is C50H68N8O6. The fourth-order valence-corrected chi connectivity index (χ4v) is 8.30. The SMILES string of the molecule is CN(C)C(=O)OC(C)(C(=O)N[C@H](c1nc2ccc(-c3ccc(-c4ccc5nc([C@@H](NC(=O)C(C)(OC(O)N(C)C)C6(C)CC6)C(C)(C)C)[nH]c5c4)cc3)cc2[nH]1)C(C)(C)C)C1(C)CC1. The van der Waals surface area contributed by atoms with Crippen LogP contribution in [-0.4, -0.2) is 98.6 Å². The third-order valence-corrected chi connectivity index (χ3v) is 14.0. The number of fused-ring (bicyclic) bond motifs is 2. The maximum absolute atomic E-state index is 14.1. The molecule has 64 heavy (non-hydrogen) atoms. The van der Waals surface area contributed by atoms with Gasteiger partial charge in [-0.25, -0.2) is 14.8 Å². The Bertz CT molecular complexity index is 2560. The number of aromatic nitrogens is 4. The summed E-state index contributed by atoms with van der Waals surface area (Å²) in [5.74, 6) is 0.639. The number of aliphatic hydroxyl groups is 1. The van der Waals surface area contributed by atoms with E-state index in [0.717, 1.165) is 70.0 Å². The second kappa shape index (κ2) is 16.3. The number of ether oxygens (including phenoxy) is 2. The van der Waals surface area contributed by atoms with Gasteiger partial charge in [-0.15, -0.1) is 0 Å². The van der Waals surface area contributed by atoms with Crippen LogP contribution < -0.4 is 10.6 Å². The average Bonchev–Trinajstić information content (AvgIpc) is 4.07. The first-order valence-corrected chi connectivity index (χ1v) is 22.3. The molecule has 3 aromatic carbocycles. The summed E-state index contributed by atoms with van der Waals surface area (Å²) in [5, 5.41) is 17.1. The minimum absolute atomic E-state index is 0.285. The summed E-state index contributed by atoms with van der Waals surface area (Å²) in [7, 11) is 6.64. The van der Waals surface area contributed by atoms with Crippen molar-refractivity contribution in [2.24, 2.45) is 21.7 Å². The van der Waals surface area contributed by atoms with Gasteiger partial charge in [-0.1, -0.05) is 91.8 Å². The lowest BCUT2D eigenvalue weighted by Crippen LogP contribution is -2.57. The van der Waals surface area contributed by atoms with Crippen LogP contribution in [-0.2, 0) is 19.1 Å². The van der Waals surface area contributed by atoms with Gasteiger partial charge in [-0.3, -0.25) is 14.5 Å². The Morgan fingerprint density at radius 1 is 0.641 bits per heavy atom. The Labute approximate surface area is 377 Å². The standard InChI is InChI=1S/C50H68N8O6/c1-45(2,3)37(55-41(59)49(9,47(7)23-24-47)63-43(61)57(11)12)39-51-33-21-19-31(27-35(33)53-39)29-15-17-30(18-16-29)32-20-22-34-36(28-32)54-40(52-34)38(46(4,5)6)56-42(60)50(10,48(8)25-26-48)64-44(62)58(13)14/h15-22,27-28,37-38,43,61H,23-26H2,1-14H3,(H,51,53)(H,52,54)(H,55,59)(H,56,60)/t37-,38-,43?,49?,50?/m1/s1. The van der Waals surface area contributed by atoms with Gasteiger partial charge < -0.3 is 40.1 Å². The van der Waals surface area contributed by atoms with Gasteiger partial charge in [-0.2, -0.15) is 0 Å². The van der Waals surface area contributed by atoms with E-state index in [1.54, 1.807) is 42.0 Å². The van der Waals surface area contributed by atoms with Gasteiger partial charge in [0.2, 0.25) is 6.41 Å². The quantitative estimate of drug-likeness (QED) is 0.0682. The summed E-state index contributed by atoms with van der Waals surface area (Å²) in [4.78, 5) is 60.8. The molecule has 3 unspecified atom stereocenters. The number of hydrogen-bond acceptors (Lipinski definition) is 9. The molecule has 2 heterocycles. The minimum atomic E-state index is -1.35. The summed E-state index contributed by atoms with van der Waals surface area (Å²) < 4.78 is 12.0. The van der Waals surface area contributed by atoms with Gasteiger partial charge in [0.05, 0.1) is 34.2 Å². The van der Waals surface area contributed by atoms with Gasteiger partial charge in [0, 0.05) is 24.9 Å². The summed E-state index contributed by atoms with van der Waals surface area (Å²) in [6.45, 7) is 19.8. The molecule has 0 bridgehead atoms. The van der Waals surface area contributed by atoms with Crippen LogP contribution in [0.1, 0.15) is 119 Å². The van der Waals surface area contributed by atoms with E-state index in [-0.39, 0.29) is 11.8 Å². The van der Waals surface area contributed by atoms with E-state index in [1.807, 2.05) is 52.8 Å². The van der Waals surface area contributed by atoms with Crippen molar-refractivity contribution < 1.29 is 29.0 Å². The number of rotatable bonds is 14. The molecule has 0 radical (unpaired) electrons. The largest absolute Gasteiger partial charge is 0.432 e. The molecule has 14 heteroatoms. The van der Waals surface area contributed by atoms with Crippen molar-refractivity contribution in [2.75, 3.05) is 28.2 Å². The van der Waals surface area contributed by atoms with E-state index >= 15 is 0 Å². The summed E-state index contributed by atoms with van der Waals surface area (Å²) in [6, 6.07) is 19.7. The van der Waals surface area contributed by atoms with Gasteiger partial charge in [0.25, 0.3) is 11.8 Å². The van der Waals surface area contributed by atoms with Crippen LogP contribution in [0.15, 0.2) is 60.7 Å². The van der Waals surface area contributed by atoms with E-state index in [9.17, 15) is 19.5 Å². The lowest BCUT2D eigenvalue weighted by Gasteiger charge is -2.40. The molecule has 2 saturated carbocycles. The highest BCUT2D eigenvalue weighted by molar-refractivity contribution is 5.90. The Morgan fingerprint density at radius 3 is 1.38 bits per heavy atom.